The number of rotatable bonds is 2. The van der Waals surface area contributed by atoms with E-state index in [1.807, 2.05) is 46.5 Å². The second-order valence-corrected chi connectivity index (χ2v) is 5.57. The Kier molecular flexibility index (Phi) is 3.07. The van der Waals surface area contributed by atoms with Crippen molar-refractivity contribution < 1.29 is 0 Å². The monoisotopic (exact) mass is 292 g/mol. The summed E-state index contributed by atoms with van der Waals surface area (Å²) in [5.41, 5.74) is 2.04. The van der Waals surface area contributed by atoms with Crippen molar-refractivity contribution in [2.75, 3.05) is 0 Å². The van der Waals surface area contributed by atoms with Crippen LogP contribution in [0.2, 0.25) is 5.02 Å². The summed E-state index contributed by atoms with van der Waals surface area (Å²) in [6, 6.07) is 11.7. The van der Waals surface area contributed by atoms with Crippen LogP contribution < -0.4 is 0 Å². The van der Waals surface area contributed by atoms with Crippen LogP contribution in [0.1, 0.15) is 0 Å². The summed E-state index contributed by atoms with van der Waals surface area (Å²) in [4.78, 5) is 4.39. The maximum atomic E-state index is 5.88. The van der Waals surface area contributed by atoms with Gasteiger partial charge in [-0.05, 0) is 47.9 Å². The summed E-state index contributed by atoms with van der Waals surface area (Å²) >= 11 is 12.9. The Morgan fingerprint density at radius 3 is 2.61 bits per heavy atom. The van der Waals surface area contributed by atoms with Crippen molar-refractivity contribution in [1.29, 1.82) is 0 Å². The quantitative estimate of drug-likeness (QED) is 0.665. The third-order valence-corrected chi connectivity index (χ3v) is 4.06. The molecule has 0 spiro atoms. The van der Waals surface area contributed by atoms with E-state index in [-0.39, 0.29) is 0 Å². The maximum Gasteiger partial charge on any atom is 0.182 e. The second-order valence-electron chi connectivity index (χ2n) is 3.80. The van der Waals surface area contributed by atoms with E-state index in [1.54, 1.807) is 11.3 Å². The predicted octanol–water partition coefficient (Wildman–Crippen LogP) is 4.92. The zero-order valence-electron chi connectivity index (χ0n) is 9.26. The van der Waals surface area contributed by atoms with E-state index >= 15 is 0 Å². The molecular formula is C13H9ClN2S2. The molecule has 0 fully saturated rings. The number of halogens is 1. The Bertz CT molecular complexity index is 708. The van der Waals surface area contributed by atoms with Crippen LogP contribution >= 0.6 is 35.2 Å². The first kappa shape index (κ1) is 11.7. The molecule has 0 aliphatic carbocycles. The molecule has 2 aromatic heterocycles. The highest BCUT2D eigenvalue weighted by molar-refractivity contribution is 7.71. The highest BCUT2D eigenvalue weighted by atomic mass is 35.5. The lowest BCUT2D eigenvalue weighted by Gasteiger charge is -2.01. The maximum absolute atomic E-state index is 5.88. The zero-order chi connectivity index (χ0) is 12.5. The van der Waals surface area contributed by atoms with Gasteiger partial charge in [0.1, 0.15) is 0 Å². The molecule has 0 unspecified atom stereocenters. The topological polar surface area (TPSA) is 20.7 Å². The van der Waals surface area contributed by atoms with Crippen LogP contribution in [0.5, 0.6) is 0 Å². The van der Waals surface area contributed by atoms with Crippen molar-refractivity contribution in [2.24, 2.45) is 0 Å². The lowest BCUT2D eigenvalue weighted by atomic mass is 10.3. The van der Waals surface area contributed by atoms with Gasteiger partial charge in [-0.2, -0.15) is 0 Å². The number of aromatic nitrogens is 2. The molecule has 3 aromatic rings. The number of hydrogen-bond donors (Lipinski definition) is 1. The van der Waals surface area contributed by atoms with Crippen molar-refractivity contribution in [3.8, 4) is 16.3 Å². The van der Waals surface area contributed by atoms with E-state index in [9.17, 15) is 0 Å². The average Bonchev–Trinajstić information content (AvgIpc) is 2.99. The van der Waals surface area contributed by atoms with Gasteiger partial charge in [-0.15, -0.1) is 11.3 Å². The van der Waals surface area contributed by atoms with Crippen molar-refractivity contribution in [1.82, 2.24) is 9.55 Å². The van der Waals surface area contributed by atoms with Crippen LogP contribution in [0.3, 0.4) is 0 Å². The van der Waals surface area contributed by atoms with Crippen LogP contribution in [0, 0.1) is 4.77 Å². The fraction of sp³-hybridized carbons (Fsp3) is 0. The lowest BCUT2D eigenvalue weighted by molar-refractivity contribution is 1.03. The Morgan fingerprint density at radius 1 is 1.17 bits per heavy atom. The van der Waals surface area contributed by atoms with E-state index in [1.165, 1.54) is 4.88 Å². The number of hydrogen-bond acceptors (Lipinski definition) is 2. The van der Waals surface area contributed by atoms with E-state index < -0.39 is 0 Å². The molecule has 1 aromatic carbocycles. The molecule has 0 atom stereocenters. The summed E-state index contributed by atoms with van der Waals surface area (Å²) in [6.07, 6.45) is 2.01. The molecule has 18 heavy (non-hydrogen) atoms. The molecule has 1 N–H and O–H groups in total. The minimum Gasteiger partial charge on any atom is -0.330 e. The highest BCUT2D eigenvalue weighted by Gasteiger charge is 2.05. The van der Waals surface area contributed by atoms with Crippen LogP contribution in [-0.4, -0.2) is 9.55 Å². The summed E-state index contributed by atoms with van der Waals surface area (Å²) < 4.78 is 2.63. The predicted molar refractivity (Wildman–Crippen MR) is 79.3 cm³/mol. The van der Waals surface area contributed by atoms with Gasteiger partial charge in [0.05, 0.1) is 10.6 Å². The SMILES string of the molecule is S=c1[nH]c(-c2cccs2)cn1-c1ccc(Cl)cc1. The largest absolute Gasteiger partial charge is 0.330 e. The molecule has 0 aliphatic heterocycles. The summed E-state index contributed by atoms with van der Waals surface area (Å²) in [5, 5.41) is 2.77. The van der Waals surface area contributed by atoms with Gasteiger partial charge in [0, 0.05) is 16.9 Å². The number of H-pyrrole nitrogens is 1. The molecule has 2 nitrogen and oxygen atoms in total. The standard InChI is InChI=1S/C13H9ClN2S2/c14-9-3-5-10(6-4-9)16-8-11(15-13(16)17)12-2-1-7-18-12/h1-8H,(H,15,17). The van der Waals surface area contributed by atoms with Crippen molar-refractivity contribution >= 4 is 35.2 Å². The normalized spacial score (nSPS) is 10.7. The molecule has 0 bridgehead atoms. The van der Waals surface area contributed by atoms with Crippen LogP contribution in [0.25, 0.3) is 16.3 Å². The molecule has 0 aliphatic rings. The average molecular weight is 293 g/mol. The van der Waals surface area contributed by atoms with E-state index in [4.69, 9.17) is 23.8 Å². The van der Waals surface area contributed by atoms with Gasteiger partial charge in [-0.1, -0.05) is 17.7 Å². The zero-order valence-corrected chi connectivity index (χ0v) is 11.6. The molecule has 0 saturated carbocycles. The van der Waals surface area contributed by atoms with Gasteiger partial charge in [0.2, 0.25) is 0 Å². The lowest BCUT2D eigenvalue weighted by Crippen LogP contribution is -1.90. The number of thiophene rings is 1. The molecule has 0 radical (unpaired) electrons. The molecule has 3 rings (SSSR count). The Labute approximate surface area is 118 Å². The fourth-order valence-corrected chi connectivity index (χ4v) is 2.83. The van der Waals surface area contributed by atoms with Gasteiger partial charge in [0.15, 0.2) is 4.77 Å². The molecule has 2 heterocycles. The van der Waals surface area contributed by atoms with Crippen LogP contribution in [0.15, 0.2) is 48.0 Å². The van der Waals surface area contributed by atoms with Gasteiger partial charge < -0.3 is 4.98 Å². The third kappa shape index (κ3) is 2.14. The van der Waals surface area contributed by atoms with Crippen molar-refractivity contribution in [3.63, 3.8) is 0 Å². The molecule has 5 heteroatoms. The Morgan fingerprint density at radius 2 is 1.94 bits per heavy atom. The van der Waals surface area contributed by atoms with Gasteiger partial charge >= 0.3 is 0 Å². The summed E-state index contributed by atoms with van der Waals surface area (Å²) in [7, 11) is 0. The minimum atomic E-state index is 0.681. The van der Waals surface area contributed by atoms with Gasteiger partial charge in [0.25, 0.3) is 0 Å². The summed E-state index contributed by atoms with van der Waals surface area (Å²) in [5.74, 6) is 0. The van der Waals surface area contributed by atoms with Crippen molar-refractivity contribution in [2.45, 2.75) is 0 Å². The number of benzene rings is 1. The van der Waals surface area contributed by atoms with E-state index in [2.05, 4.69) is 11.1 Å². The number of imidazole rings is 1. The number of aromatic amines is 1. The fourth-order valence-electron chi connectivity index (χ4n) is 1.75. The van der Waals surface area contributed by atoms with Gasteiger partial charge in [-0.3, -0.25) is 4.57 Å². The Balaban J connectivity index is 2.09. The summed E-state index contributed by atoms with van der Waals surface area (Å²) in [6.45, 7) is 0. The molecular weight excluding hydrogens is 284 g/mol. The molecule has 0 saturated heterocycles. The smallest absolute Gasteiger partial charge is 0.182 e. The first-order chi connectivity index (χ1) is 8.74. The first-order valence-electron chi connectivity index (χ1n) is 5.35. The van der Waals surface area contributed by atoms with E-state index in [0.29, 0.717) is 4.77 Å². The first-order valence-corrected chi connectivity index (χ1v) is 7.02. The highest BCUT2D eigenvalue weighted by Crippen LogP contribution is 2.24. The third-order valence-electron chi connectivity index (χ3n) is 2.61. The van der Waals surface area contributed by atoms with Gasteiger partial charge in [-0.25, -0.2) is 0 Å². The second kappa shape index (κ2) is 4.72. The number of nitrogens with one attached hydrogen (secondary N) is 1. The van der Waals surface area contributed by atoms with E-state index in [0.717, 1.165) is 16.4 Å². The van der Waals surface area contributed by atoms with Crippen molar-refractivity contribution in [3.05, 3.63) is 57.8 Å². The van der Waals surface area contributed by atoms with Crippen LogP contribution in [-0.2, 0) is 0 Å². The van der Waals surface area contributed by atoms with Crippen LogP contribution in [0.4, 0.5) is 0 Å². The molecule has 0 amide bonds. The molecule has 90 valence electrons. The number of nitrogens with zero attached hydrogens (tertiary/aromatic N) is 1. The Hall–Kier alpha value is -1.36. The minimum absolute atomic E-state index is 0.681.